The van der Waals surface area contributed by atoms with E-state index in [4.69, 9.17) is 8.37 Å². The molecule has 2 aliphatic carbocycles. The molecule has 2 saturated carbocycles. The third-order valence-corrected chi connectivity index (χ3v) is 11.0. The van der Waals surface area contributed by atoms with Crippen molar-refractivity contribution >= 4 is 20.8 Å². The minimum atomic E-state index is -4.69. The number of rotatable bonds is 14. The van der Waals surface area contributed by atoms with Crippen LogP contribution in [0.5, 0.6) is 0 Å². The quantitative estimate of drug-likeness (QED) is 0.100. The Morgan fingerprint density at radius 2 is 0.846 bits per heavy atom. The van der Waals surface area contributed by atoms with E-state index in [-0.39, 0.29) is 34.5 Å². The van der Waals surface area contributed by atoms with Crippen molar-refractivity contribution in [2.45, 2.75) is 106 Å². The number of hydrogen-bond acceptors (Lipinski definition) is 8. The van der Waals surface area contributed by atoms with Crippen LogP contribution in [0.3, 0.4) is 0 Å². The molecule has 0 aromatic carbocycles. The van der Waals surface area contributed by atoms with Gasteiger partial charge in [0.15, 0.2) is 0 Å². The molecule has 52 heavy (non-hydrogen) atoms. The Labute approximate surface area is 312 Å². The molecular formula is C40H60O10S2. The zero-order chi connectivity index (χ0) is 39.7. The maximum absolute atomic E-state index is 11.3. The lowest BCUT2D eigenvalue weighted by atomic mass is 9.62. The summed E-state index contributed by atoms with van der Waals surface area (Å²) in [6, 6.07) is 0. The zero-order valence-electron chi connectivity index (χ0n) is 32.2. The van der Waals surface area contributed by atoms with Gasteiger partial charge < -0.3 is 10.2 Å². The van der Waals surface area contributed by atoms with Gasteiger partial charge in [0, 0.05) is 0 Å². The summed E-state index contributed by atoms with van der Waals surface area (Å²) in [6.45, 7) is 19.7. The maximum atomic E-state index is 11.3. The SMILES string of the molecule is CC(C=CC=C(C)C=CC1C(C)C(OS(=O)(=O)O)C(O)CC1(C)C)=CC=CC=C(C)C=CC=C(C)C=CC1C(C)C(OS(=O)(=O)O)C(O)CC1(C)C. The van der Waals surface area contributed by atoms with E-state index in [1.165, 1.54) is 0 Å². The van der Waals surface area contributed by atoms with Gasteiger partial charge in [0.2, 0.25) is 0 Å². The molecule has 2 aliphatic rings. The third kappa shape index (κ3) is 15.0. The van der Waals surface area contributed by atoms with Crippen molar-refractivity contribution in [2.75, 3.05) is 0 Å². The summed E-state index contributed by atoms with van der Waals surface area (Å²) in [5.74, 6) is -0.855. The molecule has 0 bridgehead atoms. The Balaban J connectivity index is 1.98. The fourth-order valence-corrected chi connectivity index (χ4v) is 8.59. The highest BCUT2D eigenvalue weighted by molar-refractivity contribution is 7.81. The second kappa shape index (κ2) is 19.1. The van der Waals surface area contributed by atoms with Crippen LogP contribution in [-0.4, -0.2) is 60.6 Å². The molecule has 0 saturated heterocycles. The van der Waals surface area contributed by atoms with Gasteiger partial charge in [-0.1, -0.05) is 149 Å². The second-order valence-electron chi connectivity index (χ2n) is 15.7. The van der Waals surface area contributed by atoms with Gasteiger partial charge >= 0.3 is 20.8 Å². The average molecular weight is 765 g/mol. The summed E-state index contributed by atoms with van der Waals surface area (Å²) < 4.78 is 73.3. The Morgan fingerprint density at radius 1 is 0.558 bits per heavy atom. The van der Waals surface area contributed by atoms with E-state index in [1.807, 2.05) is 154 Å². The van der Waals surface area contributed by atoms with Gasteiger partial charge in [-0.3, -0.25) is 9.11 Å². The first-order valence-corrected chi connectivity index (χ1v) is 20.3. The first kappa shape index (κ1) is 45.5. The van der Waals surface area contributed by atoms with Crippen LogP contribution in [0.15, 0.2) is 107 Å². The fraction of sp³-hybridized carbons (Fsp3) is 0.550. The van der Waals surface area contributed by atoms with Crippen LogP contribution in [0.4, 0.5) is 0 Å². The van der Waals surface area contributed by atoms with Gasteiger partial charge in [-0.2, -0.15) is 16.8 Å². The molecule has 12 heteroatoms. The predicted molar refractivity (Wildman–Crippen MR) is 208 cm³/mol. The van der Waals surface area contributed by atoms with E-state index >= 15 is 0 Å². The lowest BCUT2D eigenvalue weighted by Gasteiger charge is -2.47. The van der Waals surface area contributed by atoms with E-state index < -0.39 is 45.2 Å². The van der Waals surface area contributed by atoms with Gasteiger partial charge in [-0.25, -0.2) is 8.37 Å². The van der Waals surface area contributed by atoms with E-state index in [1.54, 1.807) is 0 Å². The lowest BCUT2D eigenvalue weighted by molar-refractivity contribution is -0.0856. The normalized spacial score (nSPS) is 31.6. The van der Waals surface area contributed by atoms with Gasteiger partial charge in [0.05, 0.1) is 12.2 Å². The number of aliphatic hydroxyl groups is 2. The topological polar surface area (TPSA) is 168 Å². The number of hydrogen-bond donors (Lipinski definition) is 4. The smallest absolute Gasteiger partial charge is 0.390 e. The molecule has 2 rings (SSSR count). The molecule has 8 atom stereocenters. The van der Waals surface area contributed by atoms with Gasteiger partial charge in [0.1, 0.15) is 12.2 Å². The zero-order valence-corrected chi connectivity index (χ0v) is 33.8. The fourth-order valence-electron chi connectivity index (χ4n) is 7.42. The molecule has 2 fully saturated rings. The summed E-state index contributed by atoms with van der Waals surface area (Å²) in [7, 11) is -9.37. The first-order valence-electron chi connectivity index (χ1n) is 17.6. The van der Waals surface area contributed by atoms with Crippen LogP contribution < -0.4 is 0 Å². The standard InChI is InChI=1S/C40H60O10S2/c1-27(17-13-19-29(3)21-23-33-31(5)37(49-51(43,44)45)35(41)25-39(33,7)8)15-11-12-16-28(2)18-14-20-30(4)22-24-34-32(6)38(50-52(46,47)48)36(42)26-40(34,9)10/h11-24,31-38,41-42H,25-26H2,1-10H3,(H,43,44,45)(H,46,47,48). The molecule has 292 valence electrons. The van der Waals surface area contributed by atoms with Crippen LogP contribution in [-0.2, 0) is 29.2 Å². The van der Waals surface area contributed by atoms with Crippen LogP contribution in [0.1, 0.15) is 82.1 Å². The minimum Gasteiger partial charge on any atom is -0.390 e. The molecular weight excluding hydrogens is 705 g/mol. The van der Waals surface area contributed by atoms with Crippen LogP contribution in [0.25, 0.3) is 0 Å². The summed E-state index contributed by atoms with van der Waals surface area (Å²) in [5.41, 5.74) is 3.50. The monoisotopic (exact) mass is 764 g/mol. The molecule has 0 amide bonds. The van der Waals surface area contributed by atoms with E-state index in [0.717, 1.165) is 22.3 Å². The van der Waals surface area contributed by atoms with Crippen molar-refractivity contribution in [2.24, 2.45) is 34.5 Å². The van der Waals surface area contributed by atoms with Crippen molar-refractivity contribution in [3.63, 3.8) is 0 Å². The summed E-state index contributed by atoms with van der Waals surface area (Å²) >= 11 is 0. The van der Waals surface area contributed by atoms with Crippen molar-refractivity contribution < 1.29 is 44.5 Å². The molecule has 0 aromatic heterocycles. The Kier molecular flexibility index (Phi) is 16.7. The van der Waals surface area contributed by atoms with Crippen molar-refractivity contribution in [1.29, 1.82) is 0 Å². The molecule has 4 N–H and O–H groups in total. The summed E-state index contributed by atoms with van der Waals surface area (Å²) in [6.07, 6.45) is 24.4. The lowest BCUT2D eigenvalue weighted by Crippen LogP contribution is -2.50. The summed E-state index contributed by atoms with van der Waals surface area (Å²) in [4.78, 5) is 0. The van der Waals surface area contributed by atoms with E-state index in [0.29, 0.717) is 12.8 Å². The highest BCUT2D eigenvalue weighted by Crippen LogP contribution is 2.47. The van der Waals surface area contributed by atoms with Crippen LogP contribution >= 0.6 is 0 Å². The molecule has 0 spiro atoms. The Morgan fingerprint density at radius 3 is 1.15 bits per heavy atom. The Hall–Kier alpha value is -2.68. The number of allylic oxidation sites excluding steroid dienone is 18. The minimum absolute atomic E-state index is 0.0848. The average Bonchev–Trinajstić information content (AvgIpc) is 2.97. The van der Waals surface area contributed by atoms with Gasteiger partial charge in [-0.05, 0) is 75.0 Å². The maximum Gasteiger partial charge on any atom is 0.397 e. The molecule has 0 heterocycles. The van der Waals surface area contributed by atoms with Gasteiger partial charge in [-0.15, -0.1) is 0 Å². The van der Waals surface area contributed by atoms with Crippen molar-refractivity contribution in [3.05, 3.63) is 107 Å². The van der Waals surface area contributed by atoms with Crippen LogP contribution in [0, 0.1) is 34.5 Å². The molecule has 10 nitrogen and oxygen atoms in total. The van der Waals surface area contributed by atoms with E-state index in [2.05, 4.69) is 0 Å². The highest BCUT2D eigenvalue weighted by Gasteiger charge is 2.48. The molecule has 0 radical (unpaired) electrons. The summed E-state index contributed by atoms with van der Waals surface area (Å²) in [5, 5.41) is 20.9. The second-order valence-corrected chi connectivity index (χ2v) is 17.8. The largest absolute Gasteiger partial charge is 0.397 e. The van der Waals surface area contributed by atoms with Gasteiger partial charge in [0.25, 0.3) is 0 Å². The predicted octanol–water partition coefficient (Wildman–Crippen LogP) is 8.01. The van der Waals surface area contributed by atoms with Crippen molar-refractivity contribution in [1.82, 2.24) is 0 Å². The first-order chi connectivity index (χ1) is 23.8. The number of aliphatic hydroxyl groups excluding tert-OH is 2. The van der Waals surface area contributed by atoms with Crippen molar-refractivity contribution in [3.8, 4) is 0 Å². The highest BCUT2D eigenvalue weighted by atomic mass is 32.3. The third-order valence-electron chi connectivity index (χ3n) is 10.1. The molecule has 0 aliphatic heterocycles. The van der Waals surface area contributed by atoms with Crippen LogP contribution in [0.2, 0.25) is 0 Å². The van der Waals surface area contributed by atoms with E-state index in [9.17, 15) is 36.2 Å². The molecule has 8 unspecified atom stereocenters. The molecule has 0 aromatic rings. The Bertz CT molecular complexity index is 1590.